The molecule has 1 amide bonds. The molecule has 2 aromatic rings. The number of carbonyl (C=O) groups excluding carboxylic acids is 1. The zero-order valence-corrected chi connectivity index (χ0v) is 11.3. The first-order valence-electron chi connectivity index (χ1n) is 6.27. The third-order valence-corrected chi connectivity index (χ3v) is 2.66. The zero-order chi connectivity index (χ0) is 16.2. The molecule has 0 aliphatic rings. The lowest BCUT2D eigenvalue weighted by atomic mass is 10.3. The minimum atomic E-state index is -4.41. The number of halogens is 3. The number of hydrogen-bond acceptors (Lipinski definition) is 4. The molecule has 9 heteroatoms. The van der Waals surface area contributed by atoms with E-state index in [0.717, 1.165) is 6.20 Å². The summed E-state index contributed by atoms with van der Waals surface area (Å²) in [6.45, 7) is -1.84. The van der Waals surface area contributed by atoms with E-state index in [9.17, 15) is 22.8 Å². The average molecular weight is 315 g/mol. The molecule has 118 valence electrons. The molecule has 0 atom stereocenters. The first kappa shape index (κ1) is 16.0. The number of aromatic nitrogens is 2. The van der Waals surface area contributed by atoms with Crippen molar-refractivity contribution in [3.05, 3.63) is 46.5 Å². The van der Waals surface area contributed by atoms with Gasteiger partial charge in [-0.05, 0) is 12.1 Å². The Balaban J connectivity index is 1.96. The summed E-state index contributed by atoms with van der Waals surface area (Å²) in [4.78, 5) is 27.9. The minimum Gasteiger partial charge on any atom is -0.370 e. The van der Waals surface area contributed by atoms with Gasteiger partial charge in [0.1, 0.15) is 17.8 Å². The van der Waals surface area contributed by atoms with E-state index < -0.39 is 24.2 Å². The van der Waals surface area contributed by atoms with Crippen LogP contribution in [0.2, 0.25) is 0 Å². The highest BCUT2D eigenvalue weighted by atomic mass is 19.4. The van der Waals surface area contributed by atoms with E-state index in [-0.39, 0.29) is 18.7 Å². The van der Waals surface area contributed by atoms with E-state index in [1.54, 1.807) is 18.2 Å². The number of alkyl halides is 3. The van der Waals surface area contributed by atoms with Gasteiger partial charge in [-0.25, -0.2) is 4.98 Å². The van der Waals surface area contributed by atoms with Gasteiger partial charge in [-0.1, -0.05) is 6.07 Å². The Hall–Kier alpha value is -2.42. The summed E-state index contributed by atoms with van der Waals surface area (Å²) in [6, 6.07) is 4.91. The van der Waals surface area contributed by atoms with Crippen LogP contribution in [-0.4, -0.2) is 41.2 Å². The van der Waals surface area contributed by atoms with Crippen LogP contribution in [0.15, 0.2) is 35.4 Å². The van der Waals surface area contributed by atoms with Crippen LogP contribution in [0.1, 0.15) is 10.4 Å². The minimum absolute atomic E-state index is 0.147. The van der Waals surface area contributed by atoms with Crippen LogP contribution in [0.25, 0.3) is 5.65 Å². The van der Waals surface area contributed by atoms with Gasteiger partial charge in [0.05, 0.1) is 6.61 Å². The van der Waals surface area contributed by atoms with Gasteiger partial charge in [0, 0.05) is 18.9 Å². The number of nitrogens with one attached hydrogen (secondary N) is 1. The molecule has 0 spiro atoms. The molecule has 0 radical (unpaired) electrons. The third-order valence-electron chi connectivity index (χ3n) is 2.66. The van der Waals surface area contributed by atoms with Crippen molar-refractivity contribution in [2.24, 2.45) is 0 Å². The van der Waals surface area contributed by atoms with E-state index in [0.29, 0.717) is 5.65 Å². The molecule has 2 heterocycles. The Bertz CT molecular complexity index is 728. The Morgan fingerprint density at radius 2 is 2.14 bits per heavy atom. The van der Waals surface area contributed by atoms with Crippen molar-refractivity contribution in [2.75, 3.05) is 19.8 Å². The molecule has 0 saturated heterocycles. The Kier molecular flexibility index (Phi) is 4.76. The number of hydrogen-bond donors (Lipinski definition) is 1. The summed E-state index contributed by atoms with van der Waals surface area (Å²) in [5, 5.41) is 2.31. The molecule has 0 aliphatic heterocycles. The standard InChI is InChI=1S/C13H12F3N3O3/c14-13(15,16)8-22-6-4-17-11(20)9-7-18-10-3-1-2-5-19(10)12(9)21/h1-3,5,7H,4,6,8H2,(H,17,20). The maximum atomic E-state index is 12.1. The number of ether oxygens (including phenoxy) is 1. The van der Waals surface area contributed by atoms with Crippen molar-refractivity contribution >= 4 is 11.6 Å². The van der Waals surface area contributed by atoms with Crippen molar-refractivity contribution in [2.45, 2.75) is 6.18 Å². The van der Waals surface area contributed by atoms with E-state index in [1.165, 1.54) is 10.6 Å². The van der Waals surface area contributed by atoms with Gasteiger partial charge in [-0.15, -0.1) is 0 Å². The summed E-state index contributed by atoms with van der Waals surface area (Å²) in [5.41, 5.74) is -0.364. The molecule has 22 heavy (non-hydrogen) atoms. The van der Waals surface area contributed by atoms with Crippen LogP contribution in [-0.2, 0) is 4.74 Å². The SMILES string of the molecule is O=C(NCCOCC(F)(F)F)c1cnc2ccccn2c1=O. The predicted molar refractivity (Wildman–Crippen MR) is 70.7 cm³/mol. The summed E-state index contributed by atoms with van der Waals surface area (Å²) in [7, 11) is 0. The molecule has 1 N–H and O–H groups in total. The van der Waals surface area contributed by atoms with E-state index in [4.69, 9.17) is 0 Å². The van der Waals surface area contributed by atoms with Crippen LogP contribution in [0.4, 0.5) is 13.2 Å². The fraction of sp³-hybridized carbons (Fsp3) is 0.308. The number of amides is 1. The highest BCUT2D eigenvalue weighted by Gasteiger charge is 2.27. The average Bonchev–Trinajstić information content (AvgIpc) is 2.46. The lowest BCUT2D eigenvalue weighted by molar-refractivity contribution is -0.173. The maximum Gasteiger partial charge on any atom is 0.411 e. The molecule has 2 aromatic heterocycles. The smallest absolute Gasteiger partial charge is 0.370 e. The number of fused-ring (bicyclic) bond motifs is 1. The van der Waals surface area contributed by atoms with Crippen LogP contribution in [0, 0.1) is 0 Å². The molecule has 0 saturated carbocycles. The fourth-order valence-electron chi connectivity index (χ4n) is 1.70. The summed E-state index contributed by atoms with van der Waals surface area (Å²) in [5.74, 6) is -0.716. The van der Waals surface area contributed by atoms with Gasteiger partial charge in [0.15, 0.2) is 0 Å². The Morgan fingerprint density at radius 1 is 1.36 bits per heavy atom. The van der Waals surface area contributed by atoms with E-state index in [1.807, 2.05) is 0 Å². The van der Waals surface area contributed by atoms with Gasteiger partial charge in [0.2, 0.25) is 0 Å². The molecular weight excluding hydrogens is 303 g/mol. The summed E-state index contributed by atoms with van der Waals surface area (Å²) >= 11 is 0. The van der Waals surface area contributed by atoms with E-state index in [2.05, 4.69) is 15.0 Å². The van der Waals surface area contributed by atoms with Crippen molar-refractivity contribution in [3.8, 4) is 0 Å². The van der Waals surface area contributed by atoms with Gasteiger partial charge in [-0.2, -0.15) is 13.2 Å². The van der Waals surface area contributed by atoms with Crippen LogP contribution < -0.4 is 10.9 Å². The second-order valence-corrected chi connectivity index (χ2v) is 4.33. The molecule has 6 nitrogen and oxygen atoms in total. The van der Waals surface area contributed by atoms with E-state index >= 15 is 0 Å². The van der Waals surface area contributed by atoms with Crippen molar-refractivity contribution in [1.29, 1.82) is 0 Å². The second kappa shape index (κ2) is 6.56. The number of rotatable bonds is 5. The summed E-state index contributed by atoms with van der Waals surface area (Å²) in [6.07, 6.45) is -1.82. The van der Waals surface area contributed by atoms with Gasteiger partial charge in [0.25, 0.3) is 11.5 Å². The van der Waals surface area contributed by atoms with Gasteiger partial charge in [-0.3, -0.25) is 14.0 Å². The molecule has 0 aliphatic carbocycles. The molecular formula is C13H12F3N3O3. The quantitative estimate of drug-likeness (QED) is 0.836. The van der Waals surface area contributed by atoms with Crippen LogP contribution >= 0.6 is 0 Å². The highest BCUT2D eigenvalue weighted by Crippen LogP contribution is 2.13. The number of carbonyl (C=O) groups is 1. The van der Waals surface area contributed by atoms with Crippen LogP contribution in [0.5, 0.6) is 0 Å². The highest BCUT2D eigenvalue weighted by molar-refractivity contribution is 5.93. The topological polar surface area (TPSA) is 72.7 Å². The molecule has 2 rings (SSSR count). The third kappa shape index (κ3) is 4.04. The van der Waals surface area contributed by atoms with Crippen molar-refractivity contribution in [1.82, 2.24) is 14.7 Å². The molecule has 0 unspecified atom stereocenters. The second-order valence-electron chi connectivity index (χ2n) is 4.33. The molecule has 0 bridgehead atoms. The van der Waals surface area contributed by atoms with Gasteiger partial charge >= 0.3 is 6.18 Å². The largest absolute Gasteiger partial charge is 0.411 e. The summed E-state index contributed by atoms with van der Waals surface area (Å²) < 4.78 is 41.1. The van der Waals surface area contributed by atoms with Crippen molar-refractivity contribution < 1.29 is 22.7 Å². The Labute approximate surface area is 122 Å². The molecule has 0 fully saturated rings. The lowest BCUT2D eigenvalue weighted by Crippen LogP contribution is -2.34. The monoisotopic (exact) mass is 315 g/mol. The van der Waals surface area contributed by atoms with Crippen molar-refractivity contribution in [3.63, 3.8) is 0 Å². The maximum absolute atomic E-state index is 12.1. The van der Waals surface area contributed by atoms with Gasteiger partial charge < -0.3 is 10.1 Å². The zero-order valence-electron chi connectivity index (χ0n) is 11.3. The normalized spacial score (nSPS) is 11.6. The van der Waals surface area contributed by atoms with Crippen LogP contribution in [0.3, 0.4) is 0 Å². The number of nitrogens with zero attached hydrogens (tertiary/aromatic N) is 2. The number of pyridine rings is 1. The Morgan fingerprint density at radius 3 is 2.86 bits per heavy atom. The first-order valence-corrected chi connectivity index (χ1v) is 6.27. The fourth-order valence-corrected chi connectivity index (χ4v) is 1.70. The predicted octanol–water partition coefficient (Wildman–Crippen LogP) is 1.00. The first-order chi connectivity index (χ1) is 10.4. The molecule has 0 aromatic carbocycles. The lowest BCUT2D eigenvalue weighted by Gasteiger charge is -2.08.